The van der Waals surface area contributed by atoms with Crippen LogP contribution in [0, 0.1) is 0 Å². The van der Waals surface area contributed by atoms with Crippen LogP contribution in [0.1, 0.15) is 17.5 Å². The molecule has 1 atom stereocenters. The van der Waals surface area contributed by atoms with Crippen molar-refractivity contribution in [3.05, 3.63) is 70.2 Å². The SMILES string of the molecule is OC(CCc1ccccc1)Cc1ccc(Br)cc1. The molecule has 0 amide bonds. The van der Waals surface area contributed by atoms with Gasteiger partial charge in [0.1, 0.15) is 0 Å². The summed E-state index contributed by atoms with van der Waals surface area (Å²) in [4.78, 5) is 0. The van der Waals surface area contributed by atoms with E-state index >= 15 is 0 Å². The molecule has 0 heterocycles. The van der Waals surface area contributed by atoms with Crippen LogP contribution >= 0.6 is 15.9 Å². The van der Waals surface area contributed by atoms with E-state index in [1.54, 1.807) is 0 Å². The fourth-order valence-electron chi connectivity index (χ4n) is 1.97. The lowest BCUT2D eigenvalue weighted by Crippen LogP contribution is -2.11. The summed E-state index contributed by atoms with van der Waals surface area (Å²) in [5.41, 5.74) is 2.46. The van der Waals surface area contributed by atoms with Gasteiger partial charge in [0.2, 0.25) is 0 Å². The number of hydrogen-bond donors (Lipinski definition) is 1. The van der Waals surface area contributed by atoms with Gasteiger partial charge in [-0.15, -0.1) is 0 Å². The smallest absolute Gasteiger partial charge is 0.0583 e. The monoisotopic (exact) mass is 304 g/mol. The van der Waals surface area contributed by atoms with Crippen LogP contribution < -0.4 is 0 Å². The third kappa shape index (κ3) is 4.28. The van der Waals surface area contributed by atoms with Crippen molar-refractivity contribution < 1.29 is 5.11 Å². The quantitative estimate of drug-likeness (QED) is 0.885. The highest BCUT2D eigenvalue weighted by molar-refractivity contribution is 9.10. The van der Waals surface area contributed by atoms with Crippen LogP contribution in [0.3, 0.4) is 0 Å². The average Bonchev–Trinajstić information content (AvgIpc) is 2.40. The van der Waals surface area contributed by atoms with Crippen molar-refractivity contribution in [1.29, 1.82) is 0 Å². The summed E-state index contributed by atoms with van der Waals surface area (Å²) in [6, 6.07) is 18.4. The van der Waals surface area contributed by atoms with E-state index in [2.05, 4.69) is 40.2 Å². The molecular weight excluding hydrogens is 288 g/mol. The minimum atomic E-state index is -0.272. The Morgan fingerprint density at radius 1 is 0.889 bits per heavy atom. The molecule has 1 nitrogen and oxygen atoms in total. The minimum Gasteiger partial charge on any atom is -0.393 e. The predicted molar refractivity (Wildman–Crippen MR) is 78.6 cm³/mol. The topological polar surface area (TPSA) is 20.2 Å². The van der Waals surface area contributed by atoms with Crippen LogP contribution in [0.25, 0.3) is 0 Å². The van der Waals surface area contributed by atoms with Gasteiger partial charge in [-0.05, 0) is 42.5 Å². The molecule has 0 bridgehead atoms. The van der Waals surface area contributed by atoms with E-state index in [-0.39, 0.29) is 6.10 Å². The van der Waals surface area contributed by atoms with E-state index in [0.29, 0.717) is 0 Å². The van der Waals surface area contributed by atoms with Gasteiger partial charge in [-0.25, -0.2) is 0 Å². The lowest BCUT2D eigenvalue weighted by atomic mass is 10.0. The number of rotatable bonds is 5. The summed E-state index contributed by atoms with van der Waals surface area (Å²) in [5, 5.41) is 10.0. The molecule has 94 valence electrons. The zero-order valence-corrected chi connectivity index (χ0v) is 11.8. The van der Waals surface area contributed by atoms with Crippen molar-refractivity contribution in [3.63, 3.8) is 0 Å². The van der Waals surface area contributed by atoms with Gasteiger partial charge < -0.3 is 5.11 Å². The van der Waals surface area contributed by atoms with Gasteiger partial charge in [-0.2, -0.15) is 0 Å². The summed E-state index contributed by atoms with van der Waals surface area (Å²) in [6.45, 7) is 0. The normalized spacial score (nSPS) is 12.3. The molecule has 0 aliphatic heterocycles. The van der Waals surface area contributed by atoms with E-state index in [0.717, 1.165) is 23.7 Å². The Morgan fingerprint density at radius 3 is 2.22 bits per heavy atom. The molecule has 0 saturated carbocycles. The first kappa shape index (κ1) is 13.3. The standard InChI is InChI=1S/C16H17BrO/c17-15-9-6-14(7-10-15)12-16(18)11-8-13-4-2-1-3-5-13/h1-7,9-10,16,18H,8,11-12H2. The molecule has 1 unspecified atom stereocenters. The Bertz CT molecular complexity index is 464. The highest BCUT2D eigenvalue weighted by Gasteiger charge is 2.06. The second-order valence-corrected chi connectivity index (χ2v) is 5.42. The predicted octanol–water partition coefficient (Wildman–Crippen LogP) is 3.99. The van der Waals surface area contributed by atoms with E-state index in [1.165, 1.54) is 11.1 Å². The molecule has 0 fully saturated rings. The number of hydrogen-bond acceptors (Lipinski definition) is 1. The Morgan fingerprint density at radius 2 is 1.56 bits per heavy atom. The van der Waals surface area contributed by atoms with Gasteiger partial charge >= 0.3 is 0 Å². The van der Waals surface area contributed by atoms with Crippen molar-refractivity contribution >= 4 is 15.9 Å². The maximum absolute atomic E-state index is 10.0. The van der Waals surface area contributed by atoms with Crippen molar-refractivity contribution in [1.82, 2.24) is 0 Å². The van der Waals surface area contributed by atoms with E-state index < -0.39 is 0 Å². The fourth-order valence-corrected chi connectivity index (χ4v) is 2.24. The summed E-state index contributed by atoms with van der Waals surface area (Å²) in [7, 11) is 0. The fraction of sp³-hybridized carbons (Fsp3) is 0.250. The molecule has 2 aromatic rings. The van der Waals surface area contributed by atoms with Gasteiger partial charge in [-0.1, -0.05) is 58.4 Å². The van der Waals surface area contributed by atoms with Crippen LogP contribution in [0.5, 0.6) is 0 Å². The Labute approximate surface area is 117 Å². The molecule has 2 rings (SSSR count). The first-order valence-corrected chi connectivity index (χ1v) is 7.00. The molecule has 2 aromatic carbocycles. The molecule has 0 saturated heterocycles. The Hall–Kier alpha value is -1.12. The number of aliphatic hydroxyl groups is 1. The van der Waals surface area contributed by atoms with Gasteiger partial charge in [0.25, 0.3) is 0 Å². The van der Waals surface area contributed by atoms with Crippen molar-refractivity contribution in [2.24, 2.45) is 0 Å². The molecule has 1 N–H and O–H groups in total. The number of halogens is 1. The Kier molecular flexibility index (Phi) is 4.97. The van der Waals surface area contributed by atoms with Crippen molar-refractivity contribution in [3.8, 4) is 0 Å². The molecular formula is C16H17BrO. The Balaban J connectivity index is 1.82. The van der Waals surface area contributed by atoms with Crippen LogP contribution in [0.4, 0.5) is 0 Å². The zero-order chi connectivity index (χ0) is 12.8. The third-order valence-corrected chi connectivity index (χ3v) is 3.52. The molecule has 2 heteroatoms. The van der Waals surface area contributed by atoms with Gasteiger partial charge in [0.05, 0.1) is 6.10 Å². The summed E-state index contributed by atoms with van der Waals surface area (Å²) < 4.78 is 1.07. The van der Waals surface area contributed by atoms with Crippen molar-refractivity contribution in [2.45, 2.75) is 25.4 Å². The second-order valence-electron chi connectivity index (χ2n) is 4.51. The molecule has 0 aromatic heterocycles. The lowest BCUT2D eigenvalue weighted by molar-refractivity contribution is 0.165. The van der Waals surface area contributed by atoms with Crippen LogP contribution in [0.15, 0.2) is 59.1 Å². The van der Waals surface area contributed by atoms with Crippen LogP contribution in [0.2, 0.25) is 0 Å². The number of aryl methyl sites for hydroxylation is 1. The summed E-state index contributed by atoms with van der Waals surface area (Å²) in [6.07, 6.45) is 2.19. The van der Waals surface area contributed by atoms with E-state index in [9.17, 15) is 5.11 Å². The van der Waals surface area contributed by atoms with Gasteiger partial charge in [-0.3, -0.25) is 0 Å². The van der Waals surface area contributed by atoms with Gasteiger partial charge in [0.15, 0.2) is 0 Å². The summed E-state index contributed by atoms with van der Waals surface area (Å²) >= 11 is 3.41. The molecule has 0 aliphatic rings. The molecule has 18 heavy (non-hydrogen) atoms. The first-order valence-electron chi connectivity index (χ1n) is 6.20. The maximum Gasteiger partial charge on any atom is 0.0583 e. The molecule has 0 spiro atoms. The minimum absolute atomic E-state index is 0.272. The largest absolute Gasteiger partial charge is 0.393 e. The molecule has 0 aliphatic carbocycles. The van der Waals surface area contributed by atoms with Gasteiger partial charge in [0, 0.05) is 4.47 Å². The summed E-state index contributed by atoms with van der Waals surface area (Å²) in [5.74, 6) is 0. The zero-order valence-electron chi connectivity index (χ0n) is 10.2. The van der Waals surface area contributed by atoms with Crippen LogP contribution in [-0.4, -0.2) is 11.2 Å². The van der Waals surface area contributed by atoms with Crippen LogP contribution in [-0.2, 0) is 12.8 Å². The highest BCUT2D eigenvalue weighted by Crippen LogP contribution is 2.14. The molecule has 0 radical (unpaired) electrons. The second kappa shape index (κ2) is 6.72. The van der Waals surface area contributed by atoms with E-state index in [1.807, 2.05) is 30.3 Å². The van der Waals surface area contributed by atoms with E-state index in [4.69, 9.17) is 0 Å². The number of aliphatic hydroxyl groups excluding tert-OH is 1. The third-order valence-electron chi connectivity index (χ3n) is 2.99. The van der Waals surface area contributed by atoms with Crippen molar-refractivity contribution in [2.75, 3.05) is 0 Å². The first-order chi connectivity index (χ1) is 8.74. The highest BCUT2D eigenvalue weighted by atomic mass is 79.9. The maximum atomic E-state index is 10.0. The number of benzene rings is 2. The average molecular weight is 305 g/mol. The lowest BCUT2D eigenvalue weighted by Gasteiger charge is -2.10.